The van der Waals surface area contributed by atoms with Crippen molar-refractivity contribution in [2.45, 2.75) is 91.8 Å². The maximum absolute atomic E-state index is 9.33. The molecule has 0 amide bonds. The molecule has 0 saturated carbocycles. The first kappa shape index (κ1) is 24.2. The largest absolute Gasteiger partial charge is 0.316 e. The standard InChI is InChI=1S/C18H35N4O2P/c1-13(2)21(14(3)4)11-17(9-19)23-25-24-18(10-20)12-22(15(5)6)16(7)8/h13-18,25H,11-12H2,1-8H3. The van der Waals surface area contributed by atoms with Crippen LogP contribution in [0.4, 0.5) is 0 Å². The van der Waals surface area contributed by atoms with Crippen LogP contribution in [0.25, 0.3) is 0 Å². The number of nitriles is 2. The molecule has 7 heteroatoms. The molecule has 0 spiro atoms. The summed E-state index contributed by atoms with van der Waals surface area (Å²) in [4.78, 5) is 4.42. The lowest BCUT2D eigenvalue weighted by molar-refractivity contribution is 0.0963. The number of rotatable bonds is 12. The van der Waals surface area contributed by atoms with Gasteiger partial charge in [-0.05, 0) is 55.4 Å². The van der Waals surface area contributed by atoms with Gasteiger partial charge in [0.15, 0.2) is 21.2 Å². The molecule has 144 valence electrons. The van der Waals surface area contributed by atoms with Crippen LogP contribution >= 0.6 is 9.03 Å². The highest BCUT2D eigenvalue weighted by Crippen LogP contribution is 2.22. The Kier molecular flexibility index (Phi) is 12.2. The molecule has 0 bridgehead atoms. The van der Waals surface area contributed by atoms with Gasteiger partial charge in [-0.3, -0.25) is 9.80 Å². The zero-order chi connectivity index (χ0) is 19.6. The molecule has 25 heavy (non-hydrogen) atoms. The fourth-order valence-corrected chi connectivity index (χ4v) is 3.31. The van der Waals surface area contributed by atoms with Crippen LogP contribution in [0, 0.1) is 22.7 Å². The van der Waals surface area contributed by atoms with Crippen molar-refractivity contribution in [3.8, 4) is 12.1 Å². The summed E-state index contributed by atoms with van der Waals surface area (Å²) in [5.74, 6) is 0. The molecule has 2 atom stereocenters. The highest BCUT2D eigenvalue weighted by Gasteiger charge is 2.22. The van der Waals surface area contributed by atoms with Gasteiger partial charge in [-0.2, -0.15) is 10.5 Å². The summed E-state index contributed by atoms with van der Waals surface area (Å²) in [5, 5.41) is 18.7. The Morgan fingerprint density at radius 3 is 1.16 bits per heavy atom. The van der Waals surface area contributed by atoms with Crippen molar-refractivity contribution in [2.24, 2.45) is 0 Å². The van der Waals surface area contributed by atoms with Crippen LogP contribution in [0.1, 0.15) is 55.4 Å². The fraction of sp³-hybridized carbons (Fsp3) is 0.889. The molecule has 0 rings (SSSR count). The van der Waals surface area contributed by atoms with E-state index in [4.69, 9.17) is 9.05 Å². The van der Waals surface area contributed by atoms with Crippen molar-refractivity contribution in [2.75, 3.05) is 13.1 Å². The fourth-order valence-electron chi connectivity index (χ4n) is 2.77. The lowest BCUT2D eigenvalue weighted by atomic mass is 10.2. The van der Waals surface area contributed by atoms with E-state index in [-0.39, 0.29) is 9.03 Å². The van der Waals surface area contributed by atoms with Crippen LogP contribution in [0.5, 0.6) is 0 Å². The Labute approximate surface area is 156 Å². The van der Waals surface area contributed by atoms with Gasteiger partial charge in [0.25, 0.3) is 0 Å². The second-order valence-corrected chi connectivity index (χ2v) is 7.96. The average molecular weight is 370 g/mol. The maximum Gasteiger partial charge on any atom is 0.163 e. The van der Waals surface area contributed by atoms with Gasteiger partial charge in [0.05, 0.1) is 12.1 Å². The average Bonchev–Trinajstić information content (AvgIpc) is 2.51. The van der Waals surface area contributed by atoms with E-state index in [9.17, 15) is 10.5 Å². The second kappa shape index (κ2) is 12.6. The summed E-state index contributed by atoms with van der Waals surface area (Å²) in [5.41, 5.74) is 0. The zero-order valence-corrected chi connectivity index (χ0v) is 18.0. The monoisotopic (exact) mass is 370 g/mol. The van der Waals surface area contributed by atoms with Crippen LogP contribution in [0.15, 0.2) is 0 Å². The number of nitrogens with zero attached hydrogens (tertiary/aromatic N) is 4. The third kappa shape index (κ3) is 9.50. The molecule has 0 saturated heterocycles. The smallest absolute Gasteiger partial charge is 0.163 e. The minimum atomic E-state index is -0.561. The van der Waals surface area contributed by atoms with Gasteiger partial charge in [-0.15, -0.1) is 0 Å². The van der Waals surface area contributed by atoms with E-state index in [0.717, 1.165) is 0 Å². The highest BCUT2D eigenvalue weighted by molar-refractivity contribution is 7.26. The Balaban J connectivity index is 4.53. The molecular weight excluding hydrogens is 335 g/mol. The van der Waals surface area contributed by atoms with Crippen LogP contribution in [-0.2, 0) is 9.05 Å². The van der Waals surface area contributed by atoms with Crippen molar-refractivity contribution in [1.82, 2.24) is 9.80 Å². The Bertz CT molecular complexity index is 387. The third-order valence-electron chi connectivity index (χ3n) is 4.08. The molecular formula is C18H35N4O2P. The van der Waals surface area contributed by atoms with Gasteiger partial charge in [0.1, 0.15) is 0 Å². The summed E-state index contributed by atoms with van der Waals surface area (Å²) < 4.78 is 11.2. The first-order valence-corrected chi connectivity index (χ1v) is 9.82. The first-order valence-electron chi connectivity index (χ1n) is 9.00. The van der Waals surface area contributed by atoms with Crippen LogP contribution in [0.3, 0.4) is 0 Å². The van der Waals surface area contributed by atoms with Gasteiger partial charge >= 0.3 is 0 Å². The molecule has 0 aromatic rings. The molecule has 0 radical (unpaired) electrons. The predicted molar refractivity (Wildman–Crippen MR) is 103 cm³/mol. The maximum atomic E-state index is 9.33. The third-order valence-corrected chi connectivity index (χ3v) is 4.84. The normalized spacial score (nSPS) is 15.0. The van der Waals surface area contributed by atoms with Crippen molar-refractivity contribution in [3.05, 3.63) is 0 Å². The Morgan fingerprint density at radius 2 is 0.960 bits per heavy atom. The Hall–Kier alpha value is -0.750. The molecule has 0 aromatic carbocycles. The van der Waals surface area contributed by atoms with Crippen molar-refractivity contribution < 1.29 is 9.05 Å². The Morgan fingerprint density at radius 1 is 0.680 bits per heavy atom. The van der Waals surface area contributed by atoms with E-state index in [1.54, 1.807) is 0 Å². The lowest BCUT2D eigenvalue weighted by Gasteiger charge is -2.32. The van der Waals surface area contributed by atoms with Gasteiger partial charge in [-0.25, -0.2) is 0 Å². The molecule has 0 fully saturated rings. The quantitative estimate of drug-likeness (QED) is 0.489. The van der Waals surface area contributed by atoms with E-state index in [1.807, 2.05) is 0 Å². The molecule has 0 aliphatic carbocycles. The molecule has 0 aromatic heterocycles. The van der Waals surface area contributed by atoms with Crippen LogP contribution < -0.4 is 0 Å². The van der Waals surface area contributed by atoms with Crippen LogP contribution in [-0.4, -0.2) is 59.3 Å². The zero-order valence-electron chi connectivity index (χ0n) is 17.0. The summed E-state index contributed by atoms with van der Waals surface area (Å²) in [7, 11) is -0.318. The number of hydrogen-bond acceptors (Lipinski definition) is 6. The molecule has 0 aliphatic heterocycles. The minimum Gasteiger partial charge on any atom is -0.316 e. The van der Waals surface area contributed by atoms with Gasteiger partial charge in [-0.1, -0.05) is 0 Å². The summed E-state index contributed by atoms with van der Waals surface area (Å²) in [6, 6.07) is 5.70. The first-order chi connectivity index (χ1) is 11.6. The van der Waals surface area contributed by atoms with Crippen LogP contribution in [0.2, 0.25) is 0 Å². The molecule has 2 unspecified atom stereocenters. The van der Waals surface area contributed by atoms with Crippen molar-refractivity contribution in [1.29, 1.82) is 10.5 Å². The summed E-state index contributed by atoms with van der Waals surface area (Å²) >= 11 is 0. The predicted octanol–water partition coefficient (Wildman–Crippen LogP) is 3.55. The second-order valence-electron chi connectivity index (χ2n) is 7.32. The van der Waals surface area contributed by atoms with Gasteiger partial charge < -0.3 is 9.05 Å². The summed E-state index contributed by atoms with van der Waals surface area (Å²) in [6.45, 7) is 17.9. The van der Waals surface area contributed by atoms with E-state index < -0.39 is 12.2 Å². The van der Waals surface area contributed by atoms with Gasteiger partial charge in [0, 0.05) is 37.3 Å². The van der Waals surface area contributed by atoms with E-state index >= 15 is 0 Å². The molecule has 6 nitrogen and oxygen atoms in total. The molecule has 0 aliphatic rings. The van der Waals surface area contributed by atoms with Crippen molar-refractivity contribution >= 4 is 9.03 Å². The van der Waals surface area contributed by atoms with Crippen molar-refractivity contribution in [3.63, 3.8) is 0 Å². The van der Waals surface area contributed by atoms with E-state index in [1.165, 1.54) is 0 Å². The molecule has 0 heterocycles. The van der Waals surface area contributed by atoms with Gasteiger partial charge in [0.2, 0.25) is 0 Å². The minimum absolute atomic E-state index is 0.318. The summed E-state index contributed by atoms with van der Waals surface area (Å²) in [6.07, 6.45) is -1.12. The van der Waals surface area contributed by atoms with E-state index in [2.05, 4.69) is 77.3 Å². The highest BCUT2D eigenvalue weighted by atomic mass is 31.1. The lowest BCUT2D eigenvalue weighted by Crippen LogP contribution is -2.42. The SMILES string of the molecule is CC(C)N(CC(C#N)OPOC(C#N)CN(C(C)C)C(C)C)C(C)C. The van der Waals surface area contributed by atoms with E-state index in [0.29, 0.717) is 37.3 Å². The molecule has 0 N–H and O–H groups in total. The number of hydrogen-bond donors (Lipinski definition) is 0. The topological polar surface area (TPSA) is 72.5 Å².